The Kier molecular flexibility index (Phi) is 4.49. The van der Waals surface area contributed by atoms with Gasteiger partial charge in [0.25, 0.3) is 0 Å². The van der Waals surface area contributed by atoms with Gasteiger partial charge in [-0.2, -0.15) is 0 Å². The van der Waals surface area contributed by atoms with Gasteiger partial charge < -0.3 is 20.9 Å². The molecule has 4 N–H and O–H groups in total. The first-order valence-corrected chi connectivity index (χ1v) is 6.90. The van der Waals surface area contributed by atoms with Crippen molar-refractivity contribution in [3.8, 4) is 0 Å². The van der Waals surface area contributed by atoms with Crippen LogP contribution in [-0.2, 0) is 9.47 Å². The van der Waals surface area contributed by atoms with Crippen LogP contribution in [0.5, 0.6) is 0 Å². The van der Waals surface area contributed by atoms with Crippen LogP contribution in [0.2, 0.25) is 0 Å². The number of ether oxygens (including phenoxy) is 2. The Hall–Kier alpha value is -1.75. The summed E-state index contributed by atoms with van der Waals surface area (Å²) in [5.41, 5.74) is 13.6. The molecular formula is C15H22N2O3. The van der Waals surface area contributed by atoms with Gasteiger partial charge in [-0.1, -0.05) is 0 Å². The van der Waals surface area contributed by atoms with Crippen LogP contribution in [0.15, 0.2) is 12.1 Å². The third kappa shape index (κ3) is 3.22. The van der Waals surface area contributed by atoms with Crippen molar-refractivity contribution >= 4 is 17.3 Å². The van der Waals surface area contributed by atoms with Crippen LogP contribution >= 0.6 is 0 Å². The fourth-order valence-corrected chi connectivity index (χ4v) is 2.63. The van der Waals surface area contributed by atoms with Crippen molar-refractivity contribution in [2.45, 2.75) is 44.8 Å². The number of carbonyl (C=O) groups is 1. The van der Waals surface area contributed by atoms with Crippen molar-refractivity contribution in [1.29, 1.82) is 0 Å². The number of aryl methyl sites for hydroxylation is 1. The number of nitrogens with two attached hydrogens (primary N) is 2. The van der Waals surface area contributed by atoms with Crippen LogP contribution < -0.4 is 11.5 Å². The van der Waals surface area contributed by atoms with E-state index in [0.29, 0.717) is 16.9 Å². The van der Waals surface area contributed by atoms with Gasteiger partial charge in [0.1, 0.15) is 6.10 Å². The second-order valence-corrected chi connectivity index (χ2v) is 5.37. The van der Waals surface area contributed by atoms with E-state index >= 15 is 0 Å². The highest BCUT2D eigenvalue weighted by Crippen LogP contribution is 2.27. The standard InChI is InChI=1S/C15H22N2O3/c1-9-6-12(14(17)13(16)7-9)15(18)20-11-5-3-4-10(8-11)19-2/h6-7,10-11H,3-5,8,16-17H2,1-2H3. The van der Waals surface area contributed by atoms with Gasteiger partial charge in [-0.05, 0) is 43.9 Å². The summed E-state index contributed by atoms with van der Waals surface area (Å²) in [5.74, 6) is -0.403. The molecule has 0 radical (unpaired) electrons. The molecule has 2 unspecified atom stereocenters. The summed E-state index contributed by atoms with van der Waals surface area (Å²) in [4.78, 5) is 12.2. The number of hydrogen-bond donors (Lipinski definition) is 2. The summed E-state index contributed by atoms with van der Waals surface area (Å²) < 4.78 is 10.9. The van der Waals surface area contributed by atoms with E-state index in [1.807, 2.05) is 6.92 Å². The second-order valence-electron chi connectivity index (χ2n) is 5.37. The third-order valence-corrected chi connectivity index (χ3v) is 3.76. The zero-order valence-corrected chi connectivity index (χ0v) is 12.0. The van der Waals surface area contributed by atoms with Gasteiger partial charge in [-0.15, -0.1) is 0 Å². The van der Waals surface area contributed by atoms with E-state index in [2.05, 4.69) is 0 Å². The maximum absolute atomic E-state index is 12.2. The molecule has 0 bridgehead atoms. The molecule has 0 amide bonds. The zero-order chi connectivity index (χ0) is 14.7. The Morgan fingerprint density at radius 3 is 2.65 bits per heavy atom. The maximum Gasteiger partial charge on any atom is 0.340 e. The van der Waals surface area contributed by atoms with Crippen molar-refractivity contribution < 1.29 is 14.3 Å². The molecule has 0 saturated heterocycles. The van der Waals surface area contributed by atoms with E-state index < -0.39 is 5.97 Å². The Morgan fingerprint density at radius 2 is 1.95 bits per heavy atom. The van der Waals surface area contributed by atoms with E-state index in [1.54, 1.807) is 19.2 Å². The van der Waals surface area contributed by atoms with Gasteiger partial charge in [0.05, 0.1) is 23.0 Å². The van der Waals surface area contributed by atoms with E-state index in [9.17, 15) is 4.79 Å². The highest BCUT2D eigenvalue weighted by molar-refractivity contribution is 5.98. The van der Waals surface area contributed by atoms with Crippen molar-refractivity contribution in [3.63, 3.8) is 0 Å². The molecule has 110 valence electrons. The minimum Gasteiger partial charge on any atom is -0.459 e. The lowest BCUT2D eigenvalue weighted by Crippen LogP contribution is -2.29. The van der Waals surface area contributed by atoms with Gasteiger partial charge in [-0.25, -0.2) is 4.79 Å². The quantitative estimate of drug-likeness (QED) is 0.654. The molecule has 0 heterocycles. The molecule has 5 nitrogen and oxygen atoms in total. The lowest BCUT2D eigenvalue weighted by molar-refractivity contribution is -0.0148. The van der Waals surface area contributed by atoms with Gasteiger partial charge in [0.2, 0.25) is 0 Å². The summed E-state index contributed by atoms with van der Waals surface area (Å²) in [5, 5.41) is 0. The molecule has 0 spiro atoms. The number of rotatable bonds is 3. The average molecular weight is 278 g/mol. The van der Waals surface area contributed by atoms with Gasteiger partial charge in [0.15, 0.2) is 0 Å². The monoisotopic (exact) mass is 278 g/mol. The minimum absolute atomic E-state index is 0.109. The Morgan fingerprint density at radius 1 is 1.25 bits per heavy atom. The Labute approximate surface area is 119 Å². The van der Waals surface area contributed by atoms with Crippen LogP contribution in [0.4, 0.5) is 11.4 Å². The first-order chi connectivity index (χ1) is 9.51. The van der Waals surface area contributed by atoms with Crippen LogP contribution in [0, 0.1) is 6.92 Å². The summed E-state index contributed by atoms with van der Waals surface area (Å²) in [6, 6.07) is 3.46. The highest BCUT2D eigenvalue weighted by atomic mass is 16.5. The maximum atomic E-state index is 12.2. The summed E-state index contributed by atoms with van der Waals surface area (Å²) in [6.07, 6.45) is 3.69. The van der Waals surface area contributed by atoms with Crippen LogP contribution in [-0.4, -0.2) is 25.3 Å². The van der Waals surface area contributed by atoms with Gasteiger partial charge in [-0.3, -0.25) is 0 Å². The fourth-order valence-electron chi connectivity index (χ4n) is 2.63. The van der Waals surface area contributed by atoms with Crippen molar-refractivity contribution in [1.82, 2.24) is 0 Å². The molecule has 1 aliphatic carbocycles. The van der Waals surface area contributed by atoms with Crippen LogP contribution in [0.1, 0.15) is 41.6 Å². The lowest BCUT2D eigenvalue weighted by atomic mass is 9.95. The third-order valence-electron chi connectivity index (χ3n) is 3.76. The van der Waals surface area contributed by atoms with E-state index in [0.717, 1.165) is 31.2 Å². The number of nitrogen functional groups attached to an aromatic ring is 2. The van der Waals surface area contributed by atoms with Crippen LogP contribution in [0.25, 0.3) is 0 Å². The smallest absolute Gasteiger partial charge is 0.340 e. The Bertz CT molecular complexity index is 502. The molecule has 20 heavy (non-hydrogen) atoms. The van der Waals surface area contributed by atoms with Crippen molar-refractivity contribution in [2.24, 2.45) is 0 Å². The molecule has 1 aromatic carbocycles. The molecule has 0 aromatic heterocycles. The van der Waals surface area contributed by atoms with Gasteiger partial charge in [0, 0.05) is 13.5 Å². The van der Waals surface area contributed by atoms with Gasteiger partial charge >= 0.3 is 5.97 Å². The number of anilines is 2. The molecular weight excluding hydrogens is 256 g/mol. The molecule has 1 saturated carbocycles. The second kappa shape index (κ2) is 6.13. The molecule has 1 fully saturated rings. The normalized spacial score (nSPS) is 22.5. The first kappa shape index (κ1) is 14.7. The van der Waals surface area contributed by atoms with E-state index in [4.69, 9.17) is 20.9 Å². The Balaban J connectivity index is 2.08. The molecule has 0 aliphatic heterocycles. The molecule has 1 aliphatic rings. The predicted octanol–water partition coefficient (Wildman–Crippen LogP) is 2.27. The van der Waals surface area contributed by atoms with E-state index in [1.165, 1.54) is 0 Å². The summed E-state index contributed by atoms with van der Waals surface area (Å²) in [7, 11) is 1.69. The number of esters is 1. The highest BCUT2D eigenvalue weighted by Gasteiger charge is 2.26. The summed E-state index contributed by atoms with van der Waals surface area (Å²) >= 11 is 0. The number of carbonyl (C=O) groups excluding carboxylic acids is 1. The molecule has 1 aromatic rings. The largest absolute Gasteiger partial charge is 0.459 e. The van der Waals surface area contributed by atoms with Crippen LogP contribution in [0.3, 0.4) is 0 Å². The molecule has 2 atom stereocenters. The SMILES string of the molecule is COC1CCCC(OC(=O)c2cc(C)cc(N)c2N)C1. The molecule has 5 heteroatoms. The van der Waals surface area contributed by atoms with Crippen molar-refractivity contribution in [2.75, 3.05) is 18.6 Å². The lowest BCUT2D eigenvalue weighted by Gasteiger charge is -2.28. The number of methoxy groups -OCH3 is 1. The first-order valence-electron chi connectivity index (χ1n) is 6.90. The summed E-state index contributed by atoms with van der Waals surface area (Å²) in [6.45, 7) is 1.87. The number of hydrogen-bond acceptors (Lipinski definition) is 5. The van der Waals surface area contributed by atoms with E-state index in [-0.39, 0.29) is 12.2 Å². The predicted molar refractivity (Wildman–Crippen MR) is 78.5 cm³/mol. The average Bonchev–Trinajstić information content (AvgIpc) is 2.43. The fraction of sp³-hybridized carbons (Fsp3) is 0.533. The molecule has 2 rings (SSSR count). The topological polar surface area (TPSA) is 87.6 Å². The number of benzene rings is 1. The minimum atomic E-state index is -0.403. The van der Waals surface area contributed by atoms with Crippen molar-refractivity contribution in [3.05, 3.63) is 23.3 Å². The zero-order valence-electron chi connectivity index (χ0n) is 12.0.